The molecule has 3 heteroatoms. The van der Waals surface area contributed by atoms with Gasteiger partial charge in [-0.2, -0.15) is 0 Å². The van der Waals surface area contributed by atoms with E-state index >= 15 is 0 Å². The van der Waals surface area contributed by atoms with E-state index in [1.807, 2.05) is 35.8 Å². The van der Waals surface area contributed by atoms with Crippen LogP contribution in [0, 0.1) is 0 Å². The Morgan fingerprint density at radius 3 is 2.81 bits per heavy atom. The van der Waals surface area contributed by atoms with Crippen molar-refractivity contribution in [1.29, 1.82) is 0 Å². The number of nitrogens with zero attached hydrogens (tertiary/aromatic N) is 1. The molecule has 0 bridgehead atoms. The molecule has 0 saturated carbocycles. The number of hydrogen-bond donors (Lipinski definition) is 0. The molecule has 0 atom stereocenters. The third kappa shape index (κ3) is 1.60. The summed E-state index contributed by atoms with van der Waals surface area (Å²) in [6.45, 7) is 0. The van der Waals surface area contributed by atoms with Crippen LogP contribution in [0.2, 0.25) is 5.02 Å². The predicted molar refractivity (Wildman–Crippen MR) is 70.1 cm³/mol. The van der Waals surface area contributed by atoms with Crippen LogP contribution in [0.5, 0.6) is 0 Å². The second-order valence-electron chi connectivity index (χ2n) is 3.51. The molecule has 0 radical (unpaired) electrons. The number of aromatic nitrogens is 1. The highest BCUT2D eigenvalue weighted by Crippen LogP contribution is 2.33. The zero-order valence-electron chi connectivity index (χ0n) is 8.35. The molecule has 0 amide bonds. The maximum Gasteiger partial charge on any atom is 0.0702 e. The van der Waals surface area contributed by atoms with Gasteiger partial charge < -0.3 is 0 Å². The summed E-state index contributed by atoms with van der Waals surface area (Å²) < 4.78 is 0. The number of pyridine rings is 1. The highest BCUT2D eigenvalue weighted by atomic mass is 35.5. The summed E-state index contributed by atoms with van der Waals surface area (Å²) in [4.78, 5) is 5.51. The predicted octanol–water partition coefficient (Wildman–Crippen LogP) is 4.62. The molecule has 0 fully saturated rings. The van der Waals surface area contributed by atoms with E-state index in [9.17, 15) is 0 Å². The molecular formula is C13H8ClNS. The van der Waals surface area contributed by atoms with E-state index in [1.54, 1.807) is 11.3 Å². The Kier molecular flexibility index (Phi) is 2.39. The van der Waals surface area contributed by atoms with Crippen LogP contribution in [0.15, 0.2) is 48.0 Å². The van der Waals surface area contributed by atoms with E-state index in [-0.39, 0.29) is 0 Å². The average molecular weight is 246 g/mol. The molecule has 0 spiro atoms. The Morgan fingerprint density at radius 1 is 1.12 bits per heavy atom. The maximum absolute atomic E-state index is 6.11. The normalized spacial score (nSPS) is 10.8. The smallest absolute Gasteiger partial charge is 0.0702 e. The first-order chi connectivity index (χ1) is 7.84. The molecule has 0 aliphatic heterocycles. The number of halogens is 1. The van der Waals surface area contributed by atoms with Crippen LogP contribution in [0.3, 0.4) is 0 Å². The van der Waals surface area contributed by atoms with Gasteiger partial charge in [0.1, 0.15) is 0 Å². The first kappa shape index (κ1) is 9.82. The van der Waals surface area contributed by atoms with Crippen LogP contribution >= 0.6 is 22.9 Å². The maximum atomic E-state index is 6.11. The van der Waals surface area contributed by atoms with Gasteiger partial charge in [-0.25, -0.2) is 0 Å². The van der Waals surface area contributed by atoms with Gasteiger partial charge in [-0.1, -0.05) is 29.8 Å². The van der Waals surface area contributed by atoms with Crippen LogP contribution < -0.4 is 0 Å². The second-order valence-corrected chi connectivity index (χ2v) is 4.84. The third-order valence-electron chi connectivity index (χ3n) is 2.47. The first-order valence-corrected chi connectivity index (χ1v) is 6.18. The molecule has 3 rings (SSSR count). The lowest BCUT2D eigenvalue weighted by Gasteiger charge is -2.01. The van der Waals surface area contributed by atoms with Crippen molar-refractivity contribution < 1.29 is 0 Å². The van der Waals surface area contributed by atoms with Crippen LogP contribution in [0.1, 0.15) is 0 Å². The number of benzene rings is 1. The highest BCUT2D eigenvalue weighted by molar-refractivity contribution is 7.14. The summed E-state index contributed by atoms with van der Waals surface area (Å²) in [5.41, 5.74) is 2.10. The van der Waals surface area contributed by atoms with E-state index in [4.69, 9.17) is 11.6 Å². The summed E-state index contributed by atoms with van der Waals surface area (Å²) in [6.07, 6.45) is 1.88. The molecule has 2 aromatic heterocycles. The first-order valence-electron chi connectivity index (χ1n) is 4.93. The van der Waals surface area contributed by atoms with Crippen molar-refractivity contribution in [1.82, 2.24) is 4.98 Å². The molecule has 0 aliphatic rings. The van der Waals surface area contributed by atoms with Gasteiger partial charge in [-0.3, -0.25) is 4.98 Å². The molecule has 0 unspecified atom stereocenters. The van der Waals surface area contributed by atoms with Crippen molar-refractivity contribution in [3.05, 3.63) is 53.0 Å². The quantitative estimate of drug-likeness (QED) is 0.610. The Balaban J connectivity index is 2.23. The van der Waals surface area contributed by atoms with Crippen molar-refractivity contribution in [3.8, 4) is 10.4 Å². The lowest BCUT2D eigenvalue weighted by atomic mass is 10.1. The molecule has 16 heavy (non-hydrogen) atoms. The monoisotopic (exact) mass is 245 g/mol. The topological polar surface area (TPSA) is 12.9 Å². The summed E-state index contributed by atoms with van der Waals surface area (Å²) in [5, 5.41) is 3.93. The van der Waals surface area contributed by atoms with E-state index in [0.29, 0.717) is 0 Å². The summed E-state index contributed by atoms with van der Waals surface area (Å²) in [6, 6.07) is 12.1. The largest absolute Gasteiger partial charge is 0.256 e. The SMILES string of the molecule is Clc1ccsc1-c1cnc2ccccc2c1. The summed E-state index contributed by atoms with van der Waals surface area (Å²) >= 11 is 7.75. The lowest BCUT2D eigenvalue weighted by Crippen LogP contribution is -1.80. The standard InChI is InChI=1S/C13H8ClNS/c14-11-5-6-16-13(11)10-7-9-3-1-2-4-12(9)15-8-10/h1-8H. The zero-order chi connectivity index (χ0) is 11.0. The van der Waals surface area contributed by atoms with Crippen molar-refractivity contribution in [2.45, 2.75) is 0 Å². The molecular weight excluding hydrogens is 238 g/mol. The summed E-state index contributed by atoms with van der Waals surface area (Å²) in [7, 11) is 0. The van der Waals surface area contributed by atoms with Gasteiger partial charge in [-0.05, 0) is 23.6 Å². The van der Waals surface area contributed by atoms with Gasteiger partial charge in [-0.15, -0.1) is 11.3 Å². The number of para-hydroxylation sites is 1. The van der Waals surface area contributed by atoms with Gasteiger partial charge in [0.15, 0.2) is 0 Å². The van der Waals surface area contributed by atoms with Crippen LogP contribution in [0.25, 0.3) is 21.3 Å². The summed E-state index contributed by atoms with van der Waals surface area (Å²) in [5.74, 6) is 0. The van der Waals surface area contributed by atoms with Crippen LogP contribution in [-0.4, -0.2) is 4.98 Å². The minimum absolute atomic E-state index is 0.794. The molecule has 78 valence electrons. The molecule has 0 aliphatic carbocycles. The minimum Gasteiger partial charge on any atom is -0.256 e. The minimum atomic E-state index is 0.794. The number of rotatable bonds is 1. The van der Waals surface area contributed by atoms with Crippen LogP contribution in [-0.2, 0) is 0 Å². The fraction of sp³-hybridized carbons (Fsp3) is 0. The van der Waals surface area contributed by atoms with Crippen molar-refractivity contribution in [3.63, 3.8) is 0 Å². The third-order valence-corrected chi connectivity index (χ3v) is 3.86. The van der Waals surface area contributed by atoms with Gasteiger partial charge in [0, 0.05) is 17.1 Å². The van der Waals surface area contributed by atoms with Gasteiger partial charge >= 0.3 is 0 Å². The zero-order valence-corrected chi connectivity index (χ0v) is 9.92. The van der Waals surface area contributed by atoms with Gasteiger partial charge in [0.05, 0.1) is 15.4 Å². The van der Waals surface area contributed by atoms with Gasteiger partial charge in [0.25, 0.3) is 0 Å². The van der Waals surface area contributed by atoms with E-state index in [1.165, 1.54) is 0 Å². The molecule has 0 saturated heterocycles. The Morgan fingerprint density at radius 2 is 2.00 bits per heavy atom. The van der Waals surface area contributed by atoms with E-state index in [2.05, 4.69) is 17.1 Å². The molecule has 2 heterocycles. The highest BCUT2D eigenvalue weighted by Gasteiger charge is 2.05. The molecule has 3 aromatic rings. The van der Waals surface area contributed by atoms with Crippen molar-refractivity contribution in [2.75, 3.05) is 0 Å². The van der Waals surface area contributed by atoms with E-state index in [0.717, 1.165) is 26.4 Å². The number of thiophene rings is 1. The van der Waals surface area contributed by atoms with Crippen LogP contribution in [0.4, 0.5) is 0 Å². The van der Waals surface area contributed by atoms with E-state index < -0.39 is 0 Å². The number of hydrogen-bond acceptors (Lipinski definition) is 2. The fourth-order valence-electron chi connectivity index (χ4n) is 1.69. The second kappa shape index (κ2) is 3.89. The number of fused-ring (bicyclic) bond motifs is 1. The van der Waals surface area contributed by atoms with Crippen molar-refractivity contribution >= 4 is 33.8 Å². The molecule has 0 N–H and O–H groups in total. The lowest BCUT2D eigenvalue weighted by molar-refractivity contribution is 1.42. The Labute approximate surface area is 102 Å². The van der Waals surface area contributed by atoms with Gasteiger partial charge in [0.2, 0.25) is 0 Å². The fourth-order valence-corrected chi connectivity index (χ4v) is 2.84. The molecule has 1 nitrogen and oxygen atoms in total. The van der Waals surface area contributed by atoms with Crippen molar-refractivity contribution in [2.24, 2.45) is 0 Å². The molecule has 1 aromatic carbocycles. The average Bonchev–Trinajstić information content (AvgIpc) is 2.75. The Hall–Kier alpha value is -1.38. The Bertz CT molecular complexity index is 645.